The first-order chi connectivity index (χ1) is 16.9. The molecule has 1 saturated heterocycles. The summed E-state index contributed by atoms with van der Waals surface area (Å²) >= 11 is 0. The van der Waals surface area contributed by atoms with E-state index in [1.807, 2.05) is 35.2 Å². The molecule has 8 heteroatoms. The van der Waals surface area contributed by atoms with Crippen molar-refractivity contribution < 1.29 is 9.59 Å². The number of carbonyl (C=O) groups is 2. The molecule has 0 spiro atoms. The van der Waals surface area contributed by atoms with E-state index >= 15 is 0 Å². The summed E-state index contributed by atoms with van der Waals surface area (Å²) in [5.41, 5.74) is 12.1. The summed E-state index contributed by atoms with van der Waals surface area (Å²) < 4.78 is 1.63. The second-order valence-electron chi connectivity index (χ2n) is 9.39. The molecule has 2 amide bonds. The van der Waals surface area contributed by atoms with Gasteiger partial charge in [0.2, 0.25) is 5.91 Å². The predicted octanol–water partition coefficient (Wildman–Crippen LogP) is 3.02. The molecule has 2 aliphatic heterocycles. The van der Waals surface area contributed by atoms with Crippen LogP contribution in [0.2, 0.25) is 0 Å². The quantitative estimate of drug-likeness (QED) is 0.617. The summed E-state index contributed by atoms with van der Waals surface area (Å²) in [6, 6.07) is 16.1. The molecule has 0 aliphatic carbocycles. The number of hydrogen-bond acceptors (Lipinski definition) is 5. The molecule has 1 fully saturated rings. The van der Waals surface area contributed by atoms with E-state index < -0.39 is 0 Å². The van der Waals surface area contributed by atoms with Crippen molar-refractivity contribution in [3.05, 3.63) is 70.9 Å². The standard InChI is InChI=1S/C27H32N6O2/c1-19-8-9-23(20(2)18-19)30-14-16-31(17-15-30)24(34)11-13-33-25-22(26(28)29-33)10-12-32(27(25)35)21-6-4-3-5-7-21/h3-9,18H,10-17H2,1-2H3,(H2,28,29). The molecule has 2 N–H and O–H groups in total. The van der Waals surface area contributed by atoms with Crippen molar-refractivity contribution in [2.45, 2.75) is 33.2 Å². The molecule has 3 heterocycles. The number of hydrogen-bond donors (Lipinski definition) is 1. The largest absolute Gasteiger partial charge is 0.382 e. The monoisotopic (exact) mass is 472 g/mol. The van der Waals surface area contributed by atoms with Crippen LogP contribution in [0.5, 0.6) is 0 Å². The minimum absolute atomic E-state index is 0.0799. The molecular weight excluding hydrogens is 440 g/mol. The zero-order chi connectivity index (χ0) is 24.5. The van der Waals surface area contributed by atoms with Crippen molar-refractivity contribution in [3.63, 3.8) is 0 Å². The number of nitrogens with zero attached hydrogens (tertiary/aromatic N) is 5. The van der Waals surface area contributed by atoms with Gasteiger partial charge in [-0.25, -0.2) is 0 Å². The van der Waals surface area contributed by atoms with Gasteiger partial charge in [0.05, 0.1) is 6.54 Å². The van der Waals surface area contributed by atoms with Crippen LogP contribution in [0.4, 0.5) is 17.2 Å². The first-order valence-corrected chi connectivity index (χ1v) is 12.2. The van der Waals surface area contributed by atoms with E-state index in [0.717, 1.165) is 24.3 Å². The van der Waals surface area contributed by atoms with Gasteiger partial charge in [-0.1, -0.05) is 35.9 Å². The number of nitrogens with two attached hydrogens (primary N) is 1. The smallest absolute Gasteiger partial charge is 0.276 e. The summed E-state index contributed by atoms with van der Waals surface area (Å²) in [4.78, 5) is 32.4. The number of fused-ring (bicyclic) bond motifs is 1. The van der Waals surface area contributed by atoms with E-state index in [9.17, 15) is 9.59 Å². The average Bonchev–Trinajstić information content (AvgIpc) is 3.19. The third-order valence-corrected chi connectivity index (χ3v) is 7.05. The highest BCUT2D eigenvalue weighted by Gasteiger charge is 2.32. The van der Waals surface area contributed by atoms with Crippen LogP contribution < -0.4 is 15.5 Å². The topological polar surface area (TPSA) is 87.7 Å². The second kappa shape index (κ2) is 9.44. The Balaban J connectivity index is 1.22. The summed E-state index contributed by atoms with van der Waals surface area (Å²) in [5, 5.41) is 4.42. The molecule has 0 saturated carbocycles. The number of anilines is 3. The second-order valence-corrected chi connectivity index (χ2v) is 9.39. The molecule has 0 atom stereocenters. The summed E-state index contributed by atoms with van der Waals surface area (Å²) in [7, 11) is 0. The van der Waals surface area contributed by atoms with Gasteiger partial charge in [0, 0.05) is 56.1 Å². The molecule has 8 nitrogen and oxygen atoms in total. The Morgan fingerprint density at radius 2 is 1.74 bits per heavy atom. The lowest BCUT2D eigenvalue weighted by Crippen LogP contribution is -2.49. The van der Waals surface area contributed by atoms with E-state index in [0.29, 0.717) is 44.1 Å². The molecule has 3 aromatic rings. The number of benzene rings is 2. The molecular formula is C27H32N6O2. The maximum absolute atomic E-state index is 13.3. The van der Waals surface area contributed by atoms with Crippen LogP contribution in [0, 0.1) is 13.8 Å². The Bertz CT molecular complexity index is 1240. The van der Waals surface area contributed by atoms with E-state index in [4.69, 9.17) is 5.73 Å². The highest BCUT2D eigenvalue weighted by Crippen LogP contribution is 2.28. The van der Waals surface area contributed by atoms with Crippen LogP contribution in [0.25, 0.3) is 0 Å². The summed E-state index contributed by atoms with van der Waals surface area (Å²) in [6.45, 7) is 8.13. The van der Waals surface area contributed by atoms with Gasteiger partial charge >= 0.3 is 0 Å². The molecule has 2 aromatic carbocycles. The minimum Gasteiger partial charge on any atom is -0.382 e. The minimum atomic E-state index is -0.115. The molecule has 0 radical (unpaired) electrons. The normalized spacial score (nSPS) is 15.9. The fraction of sp³-hybridized carbons (Fsp3) is 0.370. The van der Waals surface area contributed by atoms with Crippen molar-refractivity contribution in [2.24, 2.45) is 0 Å². The number of aryl methyl sites for hydroxylation is 3. The lowest BCUT2D eigenvalue weighted by molar-refractivity contribution is -0.131. The maximum Gasteiger partial charge on any atom is 0.276 e. The van der Waals surface area contributed by atoms with Crippen molar-refractivity contribution in [1.29, 1.82) is 0 Å². The van der Waals surface area contributed by atoms with Crippen LogP contribution >= 0.6 is 0 Å². The van der Waals surface area contributed by atoms with Gasteiger partial charge in [-0.2, -0.15) is 5.10 Å². The lowest BCUT2D eigenvalue weighted by Gasteiger charge is -2.37. The van der Waals surface area contributed by atoms with Gasteiger partial charge < -0.3 is 20.4 Å². The number of carbonyl (C=O) groups excluding carboxylic acids is 2. The van der Waals surface area contributed by atoms with Crippen LogP contribution in [0.15, 0.2) is 48.5 Å². The number of para-hydroxylation sites is 1. The highest BCUT2D eigenvalue weighted by atomic mass is 16.2. The van der Waals surface area contributed by atoms with Crippen molar-refractivity contribution in [2.75, 3.05) is 48.3 Å². The van der Waals surface area contributed by atoms with E-state index in [-0.39, 0.29) is 18.2 Å². The predicted molar refractivity (Wildman–Crippen MR) is 138 cm³/mol. The van der Waals surface area contributed by atoms with Gasteiger partial charge in [-0.05, 0) is 44.0 Å². The Labute approximate surface area is 205 Å². The van der Waals surface area contributed by atoms with Crippen LogP contribution in [-0.2, 0) is 17.8 Å². The number of aromatic nitrogens is 2. The van der Waals surface area contributed by atoms with Crippen molar-refractivity contribution in [3.8, 4) is 0 Å². The third kappa shape index (κ3) is 4.48. The highest BCUT2D eigenvalue weighted by molar-refractivity contribution is 6.07. The zero-order valence-electron chi connectivity index (χ0n) is 20.4. The Kier molecular flexibility index (Phi) is 6.19. The maximum atomic E-state index is 13.3. The van der Waals surface area contributed by atoms with Gasteiger partial charge in [0.25, 0.3) is 5.91 Å². The lowest BCUT2D eigenvalue weighted by atomic mass is 10.0. The molecule has 1 aromatic heterocycles. The molecule has 182 valence electrons. The average molecular weight is 473 g/mol. The van der Waals surface area contributed by atoms with Crippen LogP contribution in [0.3, 0.4) is 0 Å². The molecule has 0 unspecified atom stereocenters. The van der Waals surface area contributed by atoms with E-state index in [2.05, 4.69) is 42.0 Å². The number of rotatable bonds is 5. The van der Waals surface area contributed by atoms with E-state index in [1.165, 1.54) is 16.8 Å². The molecule has 35 heavy (non-hydrogen) atoms. The van der Waals surface area contributed by atoms with Gasteiger partial charge in [0.1, 0.15) is 11.5 Å². The van der Waals surface area contributed by atoms with Crippen LogP contribution in [0.1, 0.15) is 33.6 Å². The Hall–Kier alpha value is -3.81. The molecule has 2 aliphatic rings. The van der Waals surface area contributed by atoms with Crippen molar-refractivity contribution >= 4 is 29.0 Å². The number of amides is 2. The zero-order valence-corrected chi connectivity index (χ0v) is 20.4. The third-order valence-electron chi connectivity index (χ3n) is 7.05. The van der Waals surface area contributed by atoms with Crippen LogP contribution in [-0.4, -0.2) is 59.2 Å². The summed E-state index contributed by atoms with van der Waals surface area (Å²) in [6.07, 6.45) is 0.936. The van der Waals surface area contributed by atoms with Gasteiger partial charge in [-0.3, -0.25) is 14.3 Å². The van der Waals surface area contributed by atoms with Crippen molar-refractivity contribution in [1.82, 2.24) is 14.7 Å². The first-order valence-electron chi connectivity index (χ1n) is 12.2. The molecule has 0 bridgehead atoms. The van der Waals surface area contributed by atoms with Gasteiger partial charge in [0.15, 0.2) is 0 Å². The first kappa shape index (κ1) is 23.0. The number of piperazine rings is 1. The Morgan fingerprint density at radius 1 is 1.00 bits per heavy atom. The fourth-order valence-electron chi connectivity index (χ4n) is 5.19. The fourth-order valence-corrected chi connectivity index (χ4v) is 5.19. The number of nitrogen functional groups attached to an aromatic ring is 1. The summed E-state index contributed by atoms with van der Waals surface area (Å²) in [5.74, 6) is 0.350. The Morgan fingerprint density at radius 3 is 2.46 bits per heavy atom. The SMILES string of the molecule is Cc1ccc(N2CCN(C(=O)CCn3nc(N)c4c3C(=O)N(c3ccccc3)CC4)CC2)c(C)c1. The van der Waals surface area contributed by atoms with Gasteiger partial charge in [-0.15, -0.1) is 0 Å². The van der Waals surface area contributed by atoms with E-state index in [1.54, 1.807) is 9.58 Å². The molecule has 5 rings (SSSR count).